The Kier molecular flexibility index (Phi) is 7.06. The third-order valence-electron chi connectivity index (χ3n) is 5.41. The molecule has 1 amide bonds. The lowest BCUT2D eigenvalue weighted by Crippen LogP contribution is -2.57. The van der Waals surface area contributed by atoms with Gasteiger partial charge >= 0.3 is 6.18 Å². The average Bonchev–Trinajstić information content (AvgIpc) is 2.70. The molecule has 0 aliphatic carbocycles. The van der Waals surface area contributed by atoms with E-state index >= 15 is 0 Å². The van der Waals surface area contributed by atoms with Gasteiger partial charge in [-0.25, -0.2) is 4.39 Å². The fourth-order valence-corrected chi connectivity index (χ4v) is 3.90. The van der Waals surface area contributed by atoms with Crippen LogP contribution in [-0.4, -0.2) is 40.9 Å². The van der Waals surface area contributed by atoms with Crippen LogP contribution in [0.2, 0.25) is 5.02 Å². The van der Waals surface area contributed by atoms with E-state index in [0.29, 0.717) is 19.6 Å². The van der Waals surface area contributed by atoms with Crippen molar-refractivity contribution in [3.05, 3.63) is 76.1 Å². The number of carbonyl (C=O) groups excluding carboxylic acids is 1. The van der Waals surface area contributed by atoms with Gasteiger partial charge in [0.05, 0.1) is 10.6 Å². The number of benzene rings is 2. The summed E-state index contributed by atoms with van der Waals surface area (Å²) in [6.07, 6.45) is -1.89. The number of hydrogen-bond acceptors (Lipinski definition) is 2. The van der Waals surface area contributed by atoms with Crippen molar-refractivity contribution in [1.29, 1.82) is 0 Å². The molecule has 2 aromatic rings. The zero-order chi connectivity index (χ0) is 22.8. The first kappa shape index (κ1) is 23.3. The number of halogens is 5. The van der Waals surface area contributed by atoms with Gasteiger partial charge in [-0.1, -0.05) is 29.8 Å². The standard InChI is InChI=1S/C23H23ClF4N2O/c1-15-13-30(16(2)12-29(15)14-18-3-7-19(25)8-4-18)22(31)10-6-17-5-9-21(24)20(11-17)23(26,27)28/h3-11,15-16H,12-14H2,1-2H3. The zero-order valence-electron chi connectivity index (χ0n) is 17.2. The second kappa shape index (κ2) is 9.40. The summed E-state index contributed by atoms with van der Waals surface area (Å²) in [4.78, 5) is 16.6. The fraction of sp³-hybridized carbons (Fsp3) is 0.348. The first-order valence-electron chi connectivity index (χ1n) is 9.88. The van der Waals surface area contributed by atoms with Crippen molar-refractivity contribution in [3.63, 3.8) is 0 Å². The molecule has 0 bridgehead atoms. The summed E-state index contributed by atoms with van der Waals surface area (Å²) in [7, 11) is 0. The maximum Gasteiger partial charge on any atom is 0.417 e. The molecule has 0 N–H and O–H groups in total. The molecule has 2 atom stereocenters. The molecule has 1 heterocycles. The van der Waals surface area contributed by atoms with Gasteiger partial charge in [0.25, 0.3) is 0 Å². The van der Waals surface area contributed by atoms with Crippen LogP contribution in [0.4, 0.5) is 17.6 Å². The van der Waals surface area contributed by atoms with E-state index in [1.165, 1.54) is 36.4 Å². The molecule has 8 heteroatoms. The van der Waals surface area contributed by atoms with Gasteiger partial charge in [-0.15, -0.1) is 0 Å². The lowest BCUT2D eigenvalue weighted by atomic mass is 10.1. The third-order valence-corrected chi connectivity index (χ3v) is 5.74. The van der Waals surface area contributed by atoms with Gasteiger partial charge in [-0.05, 0) is 55.3 Å². The highest BCUT2D eigenvalue weighted by atomic mass is 35.5. The molecule has 0 radical (unpaired) electrons. The minimum atomic E-state index is -4.56. The molecule has 1 fully saturated rings. The highest BCUT2D eigenvalue weighted by Gasteiger charge is 2.33. The van der Waals surface area contributed by atoms with Crippen molar-refractivity contribution in [3.8, 4) is 0 Å². The molecule has 1 aliphatic heterocycles. The minimum Gasteiger partial charge on any atom is -0.334 e. The van der Waals surface area contributed by atoms with Gasteiger partial charge in [0.15, 0.2) is 0 Å². The van der Waals surface area contributed by atoms with Gasteiger partial charge in [0.2, 0.25) is 5.91 Å². The molecular weight excluding hydrogens is 432 g/mol. The Bertz CT molecular complexity index is 959. The van der Waals surface area contributed by atoms with Crippen LogP contribution in [-0.2, 0) is 17.5 Å². The van der Waals surface area contributed by atoms with Crippen LogP contribution in [0.5, 0.6) is 0 Å². The van der Waals surface area contributed by atoms with E-state index in [0.717, 1.165) is 11.6 Å². The predicted octanol–water partition coefficient (Wildman–Crippen LogP) is 5.63. The average molecular weight is 455 g/mol. The second-order valence-corrected chi connectivity index (χ2v) is 8.22. The van der Waals surface area contributed by atoms with Crippen molar-refractivity contribution in [2.24, 2.45) is 0 Å². The number of rotatable bonds is 4. The number of hydrogen-bond donors (Lipinski definition) is 0. The molecule has 31 heavy (non-hydrogen) atoms. The number of carbonyl (C=O) groups is 1. The predicted molar refractivity (Wildman–Crippen MR) is 113 cm³/mol. The number of nitrogens with zero attached hydrogens (tertiary/aromatic N) is 2. The van der Waals surface area contributed by atoms with Crippen molar-refractivity contribution in [2.75, 3.05) is 13.1 Å². The van der Waals surface area contributed by atoms with E-state index in [2.05, 4.69) is 4.90 Å². The zero-order valence-corrected chi connectivity index (χ0v) is 17.9. The van der Waals surface area contributed by atoms with Gasteiger partial charge in [0.1, 0.15) is 5.82 Å². The second-order valence-electron chi connectivity index (χ2n) is 7.81. The molecule has 0 aromatic heterocycles. The Morgan fingerprint density at radius 2 is 1.77 bits per heavy atom. The van der Waals surface area contributed by atoms with Crippen LogP contribution in [0.1, 0.15) is 30.5 Å². The van der Waals surface area contributed by atoms with Crippen LogP contribution in [0, 0.1) is 5.82 Å². The summed E-state index contributed by atoms with van der Waals surface area (Å²) in [6, 6.07) is 9.88. The molecule has 1 saturated heterocycles. The molecule has 3 nitrogen and oxygen atoms in total. The first-order chi connectivity index (χ1) is 14.5. The number of alkyl halides is 3. The third kappa shape index (κ3) is 5.86. The smallest absolute Gasteiger partial charge is 0.334 e. The largest absolute Gasteiger partial charge is 0.417 e. The lowest BCUT2D eigenvalue weighted by molar-refractivity contribution is -0.137. The number of amides is 1. The van der Waals surface area contributed by atoms with Crippen molar-refractivity contribution in [2.45, 2.75) is 38.7 Å². The molecule has 0 spiro atoms. The van der Waals surface area contributed by atoms with E-state index in [9.17, 15) is 22.4 Å². The monoisotopic (exact) mass is 454 g/mol. The summed E-state index contributed by atoms with van der Waals surface area (Å²) >= 11 is 5.64. The van der Waals surface area contributed by atoms with Crippen LogP contribution in [0.15, 0.2) is 48.5 Å². The molecular formula is C23H23ClF4N2O. The molecule has 0 saturated carbocycles. The molecule has 166 valence electrons. The van der Waals surface area contributed by atoms with Crippen LogP contribution in [0.25, 0.3) is 6.08 Å². The summed E-state index contributed by atoms with van der Waals surface area (Å²) in [5.41, 5.74) is 0.309. The van der Waals surface area contributed by atoms with Crippen LogP contribution >= 0.6 is 11.6 Å². The molecule has 1 aliphatic rings. The normalized spacial score (nSPS) is 20.4. The Morgan fingerprint density at radius 1 is 1.10 bits per heavy atom. The quantitative estimate of drug-likeness (QED) is 0.441. The van der Waals surface area contributed by atoms with E-state index in [4.69, 9.17) is 11.6 Å². The van der Waals surface area contributed by atoms with E-state index in [-0.39, 0.29) is 34.4 Å². The van der Waals surface area contributed by atoms with Crippen molar-refractivity contribution >= 4 is 23.6 Å². The lowest BCUT2D eigenvalue weighted by Gasteiger charge is -2.44. The Balaban J connectivity index is 1.66. The van der Waals surface area contributed by atoms with Crippen molar-refractivity contribution < 1.29 is 22.4 Å². The molecule has 3 rings (SSSR count). The Hall–Kier alpha value is -2.38. The maximum atomic E-state index is 13.1. The Morgan fingerprint density at radius 3 is 2.42 bits per heavy atom. The van der Waals surface area contributed by atoms with Crippen molar-refractivity contribution in [1.82, 2.24) is 9.80 Å². The summed E-state index contributed by atoms with van der Waals surface area (Å²) < 4.78 is 52.2. The highest BCUT2D eigenvalue weighted by Crippen LogP contribution is 2.35. The SMILES string of the molecule is CC1CN(C(=O)C=Cc2ccc(Cl)c(C(F)(F)F)c2)C(C)CN1Cc1ccc(F)cc1. The molecule has 2 aromatic carbocycles. The van der Waals surface area contributed by atoms with E-state index in [1.807, 2.05) is 13.8 Å². The topological polar surface area (TPSA) is 23.6 Å². The molecule has 2 unspecified atom stereocenters. The maximum absolute atomic E-state index is 13.1. The Labute approximate surface area is 183 Å². The van der Waals surface area contributed by atoms with Crippen LogP contribution in [0.3, 0.4) is 0 Å². The fourth-order valence-electron chi connectivity index (χ4n) is 3.68. The van der Waals surface area contributed by atoms with Gasteiger partial charge in [-0.3, -0.25) is 9.69 Å². The minimum absolute atomic E-state index is 0.0750. The summed E-state index contributed by atoms with van der Waals surface area (Å²) in [5.74, 6) is -0.542. The van der Waals surface area contributed by atoms with Crippen LogP contribution < -0.4 is 0 Å². The van der Waals surface area contributed by atoms with Gasteiger partial charge in [-0.2, -0.15) is 13.2 Å². The van der Waals surface area contributed by atoms with Gasteiger partial charge in [0, 0.05) is 37.8 Å². The van der Waals surface area contributed by atoms with E-state index < -0.39 is 11.7 Å². The summed E-state index contributed by atoms with van der Waals surface area (Å²) in [6.45, 7) is 5.71. The highest BCUT2D eigenvalue weighted by molar-refractivity contribution is 6.31. The number of piperazine rings is 1. The summed E-state index contributed by atoms with van der Waals surface area (Å²) in [5, 5.41) is -0.379. The van der Waals surface area contributed by atoms with E-state index in [1.54, 1.807) is 17.0 Å². The first-order valence-corrected chi connectivity index (χ1v) is 10.3. The van der Waals surface area contributed by atoms with Gasteiger partial charge < -0.3 is 4.90 Å².